The lowest BCUT2D eigenvalue weighted by Gasteiger charge is -2.07. The molecule has 0 atom stereocenters. The summed E-state index contributed by atoms with van der Waals surface area (Å²) in [6.07, 6.45) is 3.85. The standard InChI is InChI=1S/C20H28N2O4/c1-6-12-13(7-2)18(20(24)26-10-5)22-17(12)16-14(8-3)15(11-21-16)19(23)25-9-4/h11,21-22H,6-10H2,1-5H3. The van der Waals surface area contributed by atoms with E-state index >= 15 is 0 Å². The Morgan fingerprint density at radius 3 is 1.92 bits per heavy atom. The molecule has 6 heteroatoms. The van der Waals surface area contributed by atoms with E-state index in [1.54, 1.807) is 20.0 Å². The lowest BCUT2D eigenvalue weighted by molar-refractivity contribution is 0.0512. The maximum absolute atomic E-state index is 12.4. The van der Waals surface area contributed by atoms with Crippen molar-refractivity contribution in [3.8, 4) is 11.4 Å². The van der Waals surface area contributed by atoms with Gasteiger partial charge in [0, 0.05) is 6.20 Å². The SMILES string of the molecule is CCOC(=O)c1c[nH]c(-c2[nH]c(C(=O)OCC)c(CC)c2CC)c1CC. The third-order valence-corrected chi connectivity index (χ3v) is 4.49. The van der Waals surface area contributed by atoms with E-state index in [0.29, 0.717) is 30.9 Å². The van der Waals surface area contributed by atoms with Crippen molar-refractivity contribution in [2.45, 2.75) is 53.9 Å². The van der Waals surface area contributed by atoms with E-state index in [9.17, 15) is 9.59 Å². The van der Waals surface area contributed by atoms with Gasteiger partial charge in [0.05, 0.1) is 30.2 Å². The highest BCUT2D eigenvalue weighted by Gasteiger charge is 2.25. The van der Waals surface area contributed by atoms with Crippen LogP contribution in [0.1, 0.15) is 72.2 Å². The zero-order valence-corrected chi connectivity index (χ0v) is 16.2. The molecular weight excluding hydrogens is 332 g/mol. The zero-order chi connectivity index (χ0) is 19.3. The van der Waals surface area contributed by atoms with Gasteiger partial charge in [0.25, 0.3) is 0 Å². The number of hydrogen-bond donors (Lipinski definition) is 2. The summed E-state index contributed by atoms with van der Waals surface area (Å²) >= 11 is 0. The molecule has 0 unspecified atom stereocenters. The van der Waals surface area contributed by atoms with Crippen LogP contribution in [0, 0.1) is 0 Å². The minimum absolute atomic E-state index is 0.327. The molecule has 0 aromatic carbocycles. The molecule has 0 aliphatic rings. The van der Waals surface area contributed by atoms with Crippen molar-refractivity contribution < 1.29 is 19.1 Å². The summed E-state index contributed by atoms with van der Waals surface area (Å²) in [7, 11) is 0. The van der Waals surface area contributed by atoms with Crippen molar-refractivity contribution in [3.05, 3.63) is 34.1 Å². The summed E-state index contributed by atoms with van der Waals surface area (Å²) in [5.41, 5.74) is 5.64. The van der Waals surface area contributed by atoms with Crippen molar-refractivity contribution in [1.29, 1.82) is 0 Å². The summed E-state index contributed by atoms with van der Waals surface area (Å²) in [4.78, 5) is 31.0. The largest absolute Gasteiger partial charge is 0.462 e. The number of H-pyrrole nitrogens is 2. The van der Waals surface area contributed by atoms with Gasteiger partial charge in [-0.15, -0.1) is 0 Å². The second-order valence-corrected chi connectivity index (χ2v) is 5.89. The van der Waals surface area contributed by atoms with Crippen LogP contribution < -0.4 is 0 Å². The molecule has 2 heterocycles. The first-order chi connectivity index (χ1) is 12.5. The Hall–Kier alpha value is -2.50. The molecule has 2 rings (SSSR count). The van der Waals surface area contributed by atoms with Crippen LogP contribution >= 0.6 is 0 Å². The fourth-order valence-electron chi connectivity index (χ4n) is 3.38. The molecule has 0 aliphatic carbocycles. The second-order valence-electron chi connectivity index (χ2n) is 5.89. The highest BCUT2D eigenvalue weighted by molar-refractivity contribution is 5.95. The van der Waals surface area contributed by atoms with Gasteiger partial charge in [-0.05, 0) is 49.8 Å². The Morgan fingerprint density at radius 1 is 0.808 bits per heavy atom. The quantitative estimate of drug-likeness (QED) is 0.696. The molecule has 2 N–H and O–H groups in total. The number of carbonyl (C=O) groups is 2. The minimum atomic E-state index is -0.347. The van der Waals surface area contributed by atoms with Gasteiger partial charge < -0.3 is 19.4 Å². The van der Waals surface area contributed by atoms with E-state index in [1.165, 1.54) is 0 Å². The van der Waals surface area contributed by atoms with Crippen molar-refractivity contribution in [2.24, 2.45) is 0 Å². The molecule has 142 valence electrons. The average molecular weight is 360 g/mol. The predicted molar refractivity (Wildman–Crippen MR) is 101 cm³/mol. The van der Waals surface area contributed by atoms with Crippen molar-refractivity contribution in [2.75, 3.05) is 13.2 Å². The van der Waals surface area contributed by atoms with Crippen LogP contribution in [0.3, 0.4) is 0 Å². The van der Waals surface area contributed by atoms with Crippen LogP contribution in [-0.4, -0.2) is 35.1 Å². The van der Waals surface area contributed by atoms with Gasteiger partial charge in [-0.1, -0.05) is 20.8 Å². The Balaban J connectivity index is 2.61. The van der Waals surface area contributed by atoms with Gasteiger partial charge in [-0.2, -0.15) is 0 Å². The number of rotatable bonds is 8. The number of hydrogen-bond acceptors (Lipinski definition) is 4. The predicted octanol–water partition coefficient (Wildman–Crippen LogP) is 4.05. The number of esters is 2. The summed E-state index contributed by atoms with van der Waals surface area (Å²) in [6.45, 7) is 10.3. The summed E-state index contributed by atoms with van der Waals surface area (Å²) in [5.74, 6) is -0.682. The third kappa shape index (κ3) is 3.54. The molecule has 6 nitrogen and oxygen atoms in total. The molecule has 0 bridgehead atoms. The van der Waals surface area contributed by atoms with Crippen LogP contribution in [0.15, 0.2) is 6.20 Å². The lowest BCUT2D eigenvalue weighted by Crippen LogP contribution is -2.08. The van der Waals surface area contributed by atoms with E-state index in [4.69, 9.17) is 9.47 Å². The zero-order valence-electron chi connectivity index (χ0n) is 16.2. The van der Waals surface area contributed by atoms with Gasteiger partial charge in [0.1, 0.15) is 5.69 Å². The summed E-state index contributed by atoms with van der Waals surface area (Å²) < 4.78 is 10.3. The molecule has 26 heavy (non-hydrogen) atoms. The first kappa shape index (κ1) is 19.8. The first-order valence-corrected chi connectivity index (χ1v) is 9.32. The van der Waals surface area contributed by atoms with Gasteiger partial charge in [0.2, 0.25) is 0 Å². The van der Waals surface area contributed by atoms with E-state index < -0.39 is 0 Å². The Bertz CT molecular complexity index is 786. The van der Waals surface area contributed by atoms with Crippen LogP contribution in [0.25, 0.3) is 11.4 Å². The van der Waals surface area contributed by atoms with E-state index in [1.807, 2.05) is 13.8 Å². The molecule has 0 aliphatic heterocycles. The van der Waals surface area contributed by atoms with Crippen LogP contribution in [0.5, 0.6) is 0 Å². The van der Waals surface area contributed by atoms with Gasteiger partial charge >= 0.3 is 11.9 Å². The molecule has 0 amide bonds. The smallest absolute Gasteiger partial charge is 0.355 e. The fraction of sp³-hybridized carbons (Fsp3) is 0.500. The summed E-state index contributed by atoms with van der Waals surface area (Å²) in [5, 5.41) is 0. The molecule has 0 saturated heterocycles. The van der Waals surface area contributed by atoms with Crippen LogP contribution in [0.4, 0.5) is 0 Å². The number of nitrogens with one attached hydrogen (secondary N) is 2. The second kappa shape index (κ2) is 8.74. The Labute approximate surface area is 154 Å². The Morgan fingerprint density at radius 2 is 1.38 bits per heavy atom. The van der Waals surface area contributed by atoms with Crippen molar-refractivity contribution in [3.63, 3.8) is 0 Å². The van der Waals surface area contributed by atoms with Gasteiger partial charge in [-0.3, -0.25) is 0 Å². The maximum atomic E-state index is 12.4. The molecule has 0 spiro atoms. The van der Waals surface area contributed by atoms with E-state index in [2.05, 4.69) is 16.9 Å². The first-order valence-electron chi connectivity index (χ1n) is 9.32. The normalized spacial score (nSPS) is 10.8. The van der Waals surface area contributed by atoms with E-state index in [0.717, 1.165) is 40.9 Å². The van der Waals surface area contributed by atoms with E-state index in [-0.39, 0.29) is 11.9 Å². The molecular formula is C20H28N2O4. The Kier molecular flexibility index (Phi) is 6.66. The molecule has 0 radical (unpaired) electrons. The highest BCUT2D eigenvalue weighted by Crippen LogP contribution is 2.33. The fourth-order valence-corrected chi connectivity index (χ4v) is 3.38. The molecule has 2 aromatic rings. The number of aromatic nitrogens is 2. The monoisotopic (exact) mass is 360 g/mol. The maximum Gasteiger partial charge on any atom is 0.355 e. The number of aromatic amines is 2. The lowest BCUT2D eigenvalue weighted by atomic mass is 9.99. The van der Waals surface area contributed by atoms with Crippen LogP contribution in [0.2, 0.25) is 0 Å². The third-order valence-electron chi connectivity index (χ3n) is 4.49. The van der Waals surface area contributed by atoms with Gasteiger partial charge in [0.15, 0.2) is 0 Å². The minimum Gasteiger partial charge on any atom is -0.462 e. The number of carbonyl (C=O) groups excluding carboxylic acids is 2. The van der Waals surface area contributed by atoms with Gasteiger partial charge in [-0.25, -0.2) is 9.59 Å². The summed E-state index contributed by atoms with van der Waals surface area (Å²) in [6, 6.07) is 0. The molecule has 0 saturated carbocycles. The average Bonchev–Trinajstić information content (AvgIpc) is 3.22. The van der Waals surface area contributed by atoms with Crippen molar-refractivity contribution in [1.82, 2.24) is 9.97 Å². The molecule has 2 aromatic heterocycles. The van der Waals surface area contributed by atoms with Crippen molar-refractivity contribution >= 4 is 11.9 Å². The number of ether oxygens (including phenoxy) is 2. The molecule has 0 fully saturated rings. The highest BCUT2D eigenvalue weighted by atomic mass is 16.5. The topological polar surface area (TPSA) is 84.2 Å². The van der Waals surface area contributed by atoms with Crippen LogP contribution in [-0.2, 0) is 28.7 Å².